The van der Waals surface area contributed by atoms with E-state index in [2.05, 4.69) is 24.3 Å². The quantitative estimate of drug-likeness (QED) is 0.355. The summed E-state index contributed by atoms with van der Waals surface area (Å²) in [6, 6.07) is 14.3. The highest BCUT2D eigenvalue weighted by Crippen LogP contribution is 2.26. The van der Waals surface area contributed by atoms with Crippen molar-refractivity contribution in [3.8, 4) is 0 Å². The number of hydrogen-bond acceptors (Lipinski definition) is 4. The summed E-state index contributed by atoms with van der Waals surface area (Å²) >= 11 is 0. The van der Waals surface area contributed by atoms with Crippen molar-refractivity contribution in [1.29, 1.82) is 0 Å². The number of carbonyl (C=O) groups excluding carboxylic acids is 3. The molecule has 2 aromatic carbocycles. The Hall–Kier alpha value is -2.69. The predicted octanol–water partition coefficient (Wildman–Crippen LogP) is 5.05. The Morgan fingerprint density at radius 1 is 0.968 bits per heavy atom. The van der Waals surface area contributed by atoms with Gasteiger partial charge in [0.25, 0.3) is 0 Å². The Morgan fingerprint density at radius 3 is 2.32 bits per heavy atom. The summed E-state index contributed by atoms with van der Waals surface area (Å²) in [7, 11) is 0. The monoisotopic (exact) mass is 423 g/mol. The molecule has 0 bridgehead atoms. The van der Waals surface area contributed by atoms with Crippen LogP contribution in [-0.4, -0.2) is 34.7 Å². The molecular weight excluding hydrogens is 390 g/mol. The lowest BCUT2D eigenvalue weighted by molar-refractivity contribution is -0.163. The Balaban J connectivity index is 1.73. The first kappa shape index (κ1) is 23.0. The molecular formula is C26H33NO4. The van der Waals surface area contributed by atoms with Crippen LogP contribution >= 0.6 is 0 Å². The number of ketones is 1. The maximum absolute atomic E-state index is 13.1. The second-order valence-electron chi connectivity index (χ2n) is 9.56. The number of fused-ring (bicyclic) bond motifs is 1. The molecule has 1 amide bonds. The van der Waals surface area contributed by atoms with Crippen molar-refractivity contribution in [1.82, 2.24) is 4.90 Å². The molecule has 3 rings (SSSR count). The van der Waals surface area contributed by atoms with Gasteiger partial charge in [0.05, 0.1) is 6.42 Å². The second-order valence-corrected chi connectivity index (χ2v) is 9.56. The van der Waals surface area contributed by atoms with Gasteiger partial charge in [-0.2, -0.15) is 0 Å². The average molecular weight is 424 g/mol. The molecule has 0 aromatic heterocycles. The first-order chi connectivity index (χ1) is 14.7. The number of rotatable bonds is 7. The fourth-order valence-electron chi connectivity index (χ4n) is 4.15. The van der Waals surface area contributed by atoms with E-state index < -0.39 is 23.8 Å². The Kier molecular flexibility index (Phi) is 7.47. The minimum absolute atomic E-state index is 0.311. The minimum atomic E-state index is -0.941. The molecule has 0 heterocycles. The highest BCUT2D eigenvalue weighted by atomic mass is 16.6. The van der Waals surface area contributed by atoms with Crippen molar-refractivity contribution in [2.75, 3.05) is 6.54 Å². The number of Topliss-reactive ketones (excluding diaryl/α,β-unsaturated/α-hetero) is 1. The summed E-state index contributed by atoms with van der Waals surface area (Å²) < 4.78 is 5.14. The first-order valence-corrected chi connectivity index (χ1v) is 11.2. The zero-order valence-electron chi connectivity index (χ0n) is 18.9. The third-order valence-electron chi connectivity index (χ3n) is 5.68. The molecule has 0 unspecified atom stereocenters. The second kappa shape index (κ2) is 10.1. The average Bonchev–Trinajstić information content (AvgIpc) is 2.72. The number of nitrogens with zero attached hydrogens (tertiary/aromatic N) is 1. The molecule has 5 nitrogen and oxygen atoms in total. The summed E-state index contributed by atoms with van der Waals surface area (Å²) in [6.45, 7) is 6.16. The van der Waals surface area contributed by atoms with Crippen molar-refractivity contribution >= 4 is 28.4 Å². The van der Waals surface area contributed by atoms with Gasteiger partial charge in [-0.05, 0) is 61.9 Å². The predicted molar refractivity (Wildman–Crippen MR) is 121 cm³/mol. The van der Waals surface area contributed by atoms with Crippen molar-refractivity contribution < 1.29 is 19.1 Å². The lowest BCUT2D eigenvalue weighted by Crippen LogP contribution is -2.38. The summed E-state index contributed by atoms with van der Waals surface area (Å²) in [5, 5.41) is 2.27. The molecule has 0 atom stereocenters. The van der Waals surface area contributed by atoms with Crippen LogP contribution in [0.5, 0.6) is 0 Å². The van der Waals surface area contributed by atoms with E-state index in [0.717, 1.165) is 29.2 Å². The number of amides is 1. The maximum atomic E-state index is 13.1. The van der Waals surface area contributed by atoms with E-state index in [1.807, 2.05) is 18.2 Å². The molecule has 0 N–H and O–H groups in total. The molecule has 1 fully saturated rings. The van der Waals surface area contributed by atoms with Gasteiger partial charge in [0.2, 0.25) is 11.7 Å². The highest BCUT2D eigenvalue weighted by molar-refractivity contribution is 6.37. The molecule has 0 radical (unpaired) electrons. The zero-order valence-corrected chi connectivity index (χ0v) is 18.9. The van der Waals surface area contributed by atoms with Crippen LogP contribution in [0.25, 0.3) is 10.8 Å². The van der Waals surface area contributed by atoms with Gasteiger partial charge in [-0.15, -0.1) is 0 Å². The van der Waals surface area contributed by atoms with Crippen LogP contribution in [0.15, 0.2) is 42.5 Å². The van der Waals surface area contributed by atoms with Crippen LogP contribution < -0.4 is 0 Å². The van der Waals surface area contributed by atoms with Crippen LogP contribution in [0.4, 0.5) is 0 Å². The van der Waals surface area contributed by atoms with Gasteiger partial charge in [0.15, 0.2) is 0 Å². The minimum Gasteiger partial charge on any atom is -0.454 e. The van der Waals surface area contributed by atoms with Gasteiger partial charge in [-0.25, -0.2) is 4.79 Å². The van der Waals surface area contributed by atoms with Gasteiger partial charge < -0.3 is 9.64 Å². The van der Waals surface area contributed by atoms with Crippen molar-refractivity contribution in [3.05, 3.63) is 48.0 Å². The fourth-order valence-corrected chi connectivity index (χ4v) is 4.15. The first-order valence-electron chi connectivity index (χ1n) is 11.2. The van der Waals surface area contributed by atoms with Gasteiger partial charge in [0, 0.05) is 13.1 Å². The largest absolute Gasteiger partial charge is 0.454 e. The smallest absolute Gasteiger partial charge is 0.375 e. The molecule has 0 spiro atoms. The number of hydrogen-bond donors (Lipinski definition) is 0. The van der Waals surface area contributed by atoms with E-state index in [-0.39, 0.29) is 5.91 Å². The Morgan fingerprint density at radius 2 is 1.65 bits per heavy atom. The van der Waals surface area contributed by atoms with Crippen molar-refractivity contribution in [3.63, 3.8) is 0 Å². The standard InChI is InChI=1S/C26H33NO4/c1-26(2,3)31-25(30)23(28)16-24(29)27(17-19-9-5-4-6-10-19)18-20-13-14-21-11-7-8-12-22(21)15-20/h7-8,11-15,19H,4-6,9-10,16-18H2,1-3H3. The fraction of sp³-hybridized carbons (Fsp3) is 0.500. The van der Waals surface area contributed by atoms with Crippen LogP contribution in [0.1, 0.15) is 64.9 Å². The molecule has 31 heavy (non-hydrogen) atoms. The third kappa shape index (κ3) is 6.91. The molecule has 166 valence electrons. The van der Waals surface area contributed by atoms with Crippen molar-refractivity contribution in [2.45, 2.75) is 71.4 Å². The van der Waals surface area contributed by atoms with E-state index in [9.17, 15) is 14.4 Å². The third-order valence-corrected chi connectivity index (χ3v) is 5.68. The molecule has 0 saturated heterocycles. The number of esters is 1. The van der Waals surface area contributed by atoms with E-state index in [0.29, 0.717) is 19.0 Å². The number of benzene rings is 2. The lowest BCUT2D eigenvalue weighted by Gasteiger charge is -2.30. The maximum Gasteiger partial charge on any atom is 0.375 e. The van der Waals surface area contributed by atoms with Crippen LogP contribution in [-0.2, 0) is 25.7 Å². The molecule has 1 saturated carbocycles. The summed E-state index contributed by atoms with van der Waals surface area (Å²) in [5.74, 6) is -1.60. The summed E-state index contributed by atoms with van der Waals surface area (Å²) in [5.41, 5.74) is 0.260. The molecule has 0 aliphatic heterocycles. The molecule has 5 heteroatoms. The Labute approximate surface area is 184 Å². The van der Waals surface area contributed by atoms with E-state index in [1.165, 1.54) is 19.3 Å². The van der Waals surface area contributed by atoms with E-state index in [1.54, 1.807) is 25.7 Å². The summed E-state index contributed by atoms with van der Waals surface area (Å²) in [4.78, 5) is 39.2. The van der Waals surface area contributed by atoms with E-state index in [4.69, 9.17) is 4.74 Å². The molecule has 1 aliphatic rings. The van der Waals surface area contributed by atoms with Crippen LogP contribution in [0, 0.1) is 5.92 Å². The van der Waals surface area contributed by atoms with Gasteiger partial charge >= 0.3 is 5.97 Å². The highest BCUT2D eigenvalue weighted by Gasteiger charge is 2.28. The lowest BCUT2D eigenvalue weighted by atomic mass is 9.88. The topological polar surface area (TPSA) is 63.7 Å². The number of carbonyl (C=O) groups is 3. The number of ether oxygens (including phenoxy) is 1. The van der Waals surface area contributed by atoms with E-state index >= 15 is 0 Å². The van der Waals surface area contributed by atoms with Gasteiger partial charge in [0.1, 0.15) is 5.60 Å². The van der Waals surface area contributed by atoms with Crippen LogP contribution in [0.3, 0.4) is 0 Å². The normalized spacial score (nSPS) is 14.9. The summed E-state index contributed by atoms with van der Waals surface area (Å²) in [6.07, 6.45) is 5.35. The van der Waals surface area contributed by atoms with Gasteiger partial charge in [-0.3, -0.25) is 9.59 Å². The molecule has 1 aliphatic carbocycles. The van der Waals surface area contributed by atoms with Crippen LogP contribution in [0.2, 0.25) is 0 Å². The zero-order chi connectivity index (χ0) is 22.4. The molecule has 2 aromatic rings. The van der Waals surface area contributed by atoms with Gasteiger partial charge in [-0.1, -0.05) is 55.7 Å². The SMILES string of the molecule is CC(C)(C)OC(=O)C(=O)CC(=O)N(Cc1ccc2ccccc2c1)CC1CCCCC1. The van der Waals surface area contributed by atoms with Crippen molar-refractivity contribution in [2.24, 2.45) is 5.92 Å². The Bertz CT molecular complexity index is 938.